The summed E-state index contributed by atoms with van der Waals surface area (Å²) in [6.07, 6.45) is -3.58. The third-order valence-electron chi connectivity index (χ3n) is 1.21. The number of aliphatic hydroxyl groups excluding tert-OH is 3. The topological polar surface area (TPSA) is 104 Å². The summed E-state index contributed by atoms with van der Waals surface area (Å²) in [5, 5.41) is 25.8. The number of Topliss-reactive ketones (excluding diaryl/α,β-unsaturated/α-hetero) is 1. The lowest BCUT2D eigenvalue weighted by atomic mass is 10.1. The Balaban J connectivity index is 4.19. The van der Waals surface area contributed by atoms with Gasteiger partial charge in [0.05, 0.1) is 13.7 Å². The maximum absolute atomic E-state index is 10.7. The lowest BCUT2D eigenvalue weighted by Gasteiger charge is -2.11. The second-order valence-electron chi connectivity index (χ2n) is 2.05. The number of carbonyl (C=O) groups is 2. The molecule has 0 rings (SSSR count). The second-order valence-corrected chi connectivity index (χ2v) is 2.05. The molecule has 70 valence electrons. The molecule has 0 unspecified atom stereocenters. The van der Waals surface area contributed by atoms with Crippen molar-refractivity contribution in [3.63, 3.8) is 0 Å². The molecule has 2 atom stereocenters. The minimum absolute atomic E-state index is 0.802. The van der Waals surface area contributed by atoms with Crippen LogP contribution in [0.5, 0.6) is 0 Å². The highest BCUT2D eigenvalue weighted by molar-refractivity contribution is 6.35. The third-order valence-corrected chi connectivity index (χ3v) is 1.21. The maximum atomic E-state index is 10.7. The molecule has 0 aromatic carbocycles. The first-order valence-corrected chi connectivity index (χ1v) is 3.13. The van der Waals surface area contributed by atoms with Crippen LogP contribution < -0.4 is 0 Å². The smallest absolute Gasteiger partial charge is 0.377 e. The molecular weight excluding hydrogens is 168 g/mol. The van der Waals surface area contributed by atoms with Gasteiger partial charge < -0.3 is 20.1 Å². The SMILES string of the molecule is COC(=O)C(=O)[C@@H](O)[C@@H](O)CO. The van der Waals surface area contributed by atoms with Crippen LogP contribution in [0.25, 0.3) is 0 Å². The number of methoxy groups -OCH3 is 1. The molecule has 0 saturated carbocycles. The van der Waals surface area contributed by atoms with Crippen molar-refractivity contribution in [2.24, 2.45) is 0 Å². The van der Waals surface area contributed by atoms with Crippen molar-refractivity contribution in [3.8, 4) is 0 Å². The van der Waals surface area contributed by atoms with Gasteiger partial charge in [-0.3, -0.25) is 4.79 Å². The van der Waals surface area contributed by atoms with Crippen LogP contribution in [0.3, 0.4) is 0 Å². The molecule has 6 heteroatoms. The number of ketones is 1. The van der Waals surface area contributed by atoms with E-state index in [1.54, 1.807) is 0 Å². The molecule has 0 aliphatic heterocycles. The van der Waals surface area contributed by atoms with Crippen molar-refractivity contribution in [3.05, 3.63) is 0 Å². The molecule has 12 heavy (non-hydrogen) atoms. The van der Waals surface area contributed by atoms with Crippen molar-refractivity contribution in [2.75, 3.05) is 13.7 Å². The summed E-state index contributed by atoms with van der Waals surface area (Å²) >= 11 is 0. The van der Waals surface area contributed by atoms with E-state index in [4.69, 9.17) is 15.3 Å². The van der Waals surface area contributed by atoms with Gasteiger partial charge in [0, 0.05) is 0 Å². The highest BCUT2D eigenvalue weighted by atomic mass is 16.5. The van der Waals surface area contributed by atoms with Gasteiger partial charge in [0.15, 0.2) is 6.10 Å². The molecule has 0 heterocycles. The van der Waals surface area contributed by atoms with E-state index in [1.807, 2.05) is 0 Å². The standard InChI is InChI=1S/C6H10O6/c1-12-6(11)5(10)4(9)3(8)2-7/h3-4,7-9H,2H2,1H3/t3-,4-/m0/s1. The van der Waals surface area contributed by atoms with E-state index in [0.29, 0.717) is 0 Å². The monoisotopic (exact) mass is 178 g/mol. The Morgan fingerprint density at radius 1 is 1.42 bits per heavy atom. The molecule has 0 aliphatic rings. The van der Waals surface area contributed by atoms with Crippen LogP contribution in [0.1, 0.15) is 0 Å². The summed E-state index contributed by atoms with van der Waals surface area (Å²) in [5.41, 5.74) is 0. The zero-order valence-electron chi connectivity index (χ0n) is 6.43. The van der Waals surface area contributed by atoms with Crippen molar-refractivity contribution in [1.82, 2.24) is 0 Å². The number of hydrogen-bond acceptors (Lipinski definition) is 6. The number of aliphatic hydroxyl groups is 3. The third kappa shape index (κ3) is 2.57. The Kier molecular flexibility index (Phi) is 4.42. The summed E-state index contributed by atoms with van der Waals surface area (Å²) in [4.78, 5) is 21.1. The Bertz CT molecular complexity index is 177. The van der Waals surface area contributed by atoms with Crippen molar-refractivity contribution in [2.45, 2.75) is 12.2 Å². The highest BCUT2D eigenvalue weighted by Gasteiger charge is 2.29. The van der Waals surface area contributed by atoms with Gasteiger partial charge in [0.25, 0.3) is 5.78 Å². The van der Waals surface area contributed by atoms with Crippen LogP contribution in [0.15, 0.2) is 0 Å². The predicted octanol–water partition coefficient (Wildman–Crippen LogP) is -2.56. The average Bonchev–Trinajstić information content (AvgIpc) is 2.12. The molecule has 0 amide bonds. The fourth-order valence-corrected chi connectivity index (χ4v) is 0.496. The van der Waals surface area contributed by atoms with E-state index < -0.39 is 30.6 Å². The molecule has 0 radical (unpaired) electrons. The molecule has 0 aliphatic carbocycles. The van der Waals surface area contributed by atoms with Crippen LogP contribution in [0.4, 0.5) is 0 Å². The minimum atomic E-state index is -1.93. The van der Waals surface area contributed by atoms with E-state index in [2.05, 4.69) is 4.74 Å². The quantitative estimate of drug-likeness (QED) is 0.323. The molecule has 3 N–H and O–H groups in total. The summed E-state index contributed by atoms with van der Waals surface area (Å²) in [7, 11) is 0.971. The Morgan fingerprint density at radius 2 is 1.92 bits per heavy atom. The number of ether oxygens (including phenoxy) is 1. The zero-order valence-corrected chi connectivity index (χ0v) is 6.43. The van der Waals surface area contributed by atoms with E-state index in [1.165, 1.54) is 0 Å². The van der Waals surface area contributed by atoms with Gasteiger partial charge in [-0.2, -0.15) is 0 Å². The average molecular weight is 178 g/mol. The normalized spacial score (nSPS) is 15.0. The zero-order chi connectivity index (χ0) is 9.72. The second kappa shape index (κ2) is 4.81. The van der Waals surface area contributed by atoms with E-state index in [-0.39, 0.29) is 0 Å². The molecule has 0 spiro atoms. The van der Waals surface area contributed by atoms with Gasteiger partial charge in [0.1, 0.15) is 6.10 Å². The number of esters is 1. The molecular formula is C6H10O6. The van der Waals surface area contributed by atoms with Crippen LogP contribution >= 0.6 is 0 Å². The Morgan fingerprint density at radius 3 is 2.25 bits per heavy atom. The largest absolute Gasteiger partial charge is 0.463 e. The van der Waals surface area contributed by atoms with E-state index in [9.17, 15) is 9.59 Å². The van der Waals surface area contributed by atoms with Gasteiger partial charge in [-0.15, -0.1) is 0 Å². The molecule has 0 aromatic rings. The lowest BCUT2D eigenvalue weighted by Crippen LogP contribution is -2.40. The summed E-state index contributed by atoms with van der Waals surface area (Å²) < 4.78 is 3.99. The van der Waals surface area contributed by atoms with Crippen molar-refractivity contribution >= 4 is 11.8 Å². The minimum Gasteiger partial charge on any atom is -0.463 e. The van der Waals surface area contributed by atoms with Crippen molar-refractivity contribution in [1.29, 1.82) is 0 Å². The first kappa shape index (κ1) is 11.0. The van der Waals surface area contributed by atoms with Crippen LogP contribution in [-0.2, 0) is 14.3 Å². The van der Waals surface area contributed by atoms with E-state index in [0.717, 1.165) is 7.11 Å². The van der Waals surface area contributed by atoms with Crippen LogP contribution in [0, 0.1) is 0 Å². The molecule has 6 nitrogen and oxygen atoms in total. The number of rotatable bonds is 4. The fraction of sp³-hybridized carbons (Fsp3) is 0.667. The maximum Gasteiger partial charge on any atom is 0.377 e. The van der Waals surface area contributed by atoms with Gasteiger partial charge in [-0.25, -0.2) is 4.79 Å². The van der Waals surface area contributed by atoms with Crippen molar-refractivity contribution < 1.29 is 29.6 Å². The van der Waals surface area contributed by atoms with Crippen LogP contribution in [-0.4, -0.2) is 53.0 Å². The van der Waals surface area contributed by atoms with Gasteiger partial charge in [-0.05, 0) is 0 Å². The fourth-order valence-electron chi connectivity index (χ4n) is 0.496. The molecule has 0 bridgehead atoms. The lowest BCUT2D eigenvalue weighted by molar-refractivity contribution is -0.159. The first-order chi connectivity index (χ1) is 5.54. The predicted molar refractivity (Wildman–Crippen MR) is 36.1 cm³/mol. The molecule has 0 saturated heterocycles. The number of hydrogen-bond donors (Lipinski definition) is 3. The molecule has 0 fully saturated rings. The Labute approximate surface area is 68.4 Å². The Hall–Kier alpha value is -0.980. The summed E-state index contributed by atoms with van der Waals surface area (Å²) in [5.74, 6) is -2.53. The van der Waals surface area contributed by atoms with E-state index >= 15 is 0 Å². The van der Waals surface area contributed by atoms with Crippen LogP contribution in [0.2, 0.25) is 0 Å². The number of carbonyl (C=O) groups excluding carboxylic acids is 2. The highest BCUT2D eigenvalue weighted by Crippen LogP contribution is 1.95. The van der Waals surface area contributed by atoms with Gasteiger partial charge in [-0.1, -0.05) is 0 Å². The van der Waals surface area contributed by atoms with Gasteiger partial charge >= 0.3 is 5.97 Å². The summed E-state index contributed by atoms with van der Waals surface area (Å²) in [6.45, 7) is -0.802. The molecule has 0 aromatic heterocycles. The first-order valence-electron chi connectivity index (χ1n) is 3.13. The summed E-state index contributed by atoms with van der Waals surface area (Å²) in [6, 6.07) is 0. The van der Waals surface area contributed by atoms with Gasteiger partial charge in [0.2, 0.25) is 0 Å².